The minimum absolute atomic E-state index is 0.000899. The van der Waals surface area contributed by atoms with Crippen LogP contribution in [0.5, 0.6) is 0 Å². The molecule has 0 spiro atoms. The van der Waals surface area contributed by atoms with Crippen molar-refractivity contribution < 1.29 is 23.8 Å². The number of urea groups is 1. The lowest BCUT2D eigenvalue weighted by atomic mass is 9.73. The molecular formula is C33H36F2N4O3. The fraction of sp³-hybridized carbons (Fsp3) is 0.364. The van der Waals surface area contributed by atoms with Crippen LogP contribution in [0.4, 0.5) is 19.3 Å². The number of aryl methyl sites for hydroxylation is 1. The van der Waals surface area contributed by atoms with E-state index in [4.69, 9.17) is 0 Å². The van der Waals surface area contributed by atoms with Crippen LogP contribution in [0, 0.1) is 30.4 Å². The minimum atomic E-state index is -1.07. The van der Waals surface area contributed by atoms with Gasteiger partial charge in [-0.15, -0.1) is 0 Å². The molecule has 2 fully saturated rings. The number of hydrogen-bond acceptors (Lipinski definition) is 5. The number of benzene rings is 3. The number of carbonyl (C=O) groups excluding carboxylic acids is 1. The van der Waals surface area contributed by atoms with Crippen LogP contribution in [0.25, 0.3) is 0 Å². The van der Waals surface area contributed by atoms with Crippen molar-refractivity contribution in [2.24, 2.45) is 0 Å². The monoisotopic (exact) mass is 574 g/mol. The molecule has 9 heteroatoms. The number of nitrogens with zero attached hydrogens (tertiary/aromatic N) is 3. The lowest BCUT2D eigenvalue weighted by molar-refractivity contribution is -0.105. The van der Waals surface area contributed by atoms with Gasteiger partial charge in [0.2, 0.25) is 0 Å². The molecule has 220 valence electrons. The number of anilines is 1. The summed E-state index contributed by atoms with van der Waals surface area (Å²) in [5, 5.41) is 24.5. The third-order valence-corrected chi connectivity index (χ3v) is 8.07. The molecule has 0 saturated carbocycles. The van der Waals surface area contributed by atoms with Gasteiger partial charge in [0.1, 0.15) is 0 Å². The molecular weight excluding hydrogens is 538 g/mol. The van der Waals surface area contributed by atoms with Crippen molar-refractivity contribution in [2.75, 3.05) is 45.6 Å². The molecule has 5 atom stereocenters. The van der Waals surface area contributed by atoms with Crippen LogP contribution in [-0.2, 0) is 0 Å². The number of carbonyl (C=O) groups is 1. The summed E-state index contributed by atoms with van der Waals surface area (Å²) in [7, 11) is 3.98. The van der Waals surface area contributed by atoms with E-state index in [0.29, 0.717) is 24.3 Å². The Morgan fingerprint density at radius 3 is 2.33 bits per heavy atom. The van der Waals surface area contributed by atoms with E-state index in [1.54, 1.807) is 4.90 Å². The fourth-order valence-corrected chi connectivity index (χ4v) is 5.86. The summed E-state index contributed by atoms with van der Waals surface area (Å²) in [6, 6.07) is 18.7. The van der Waals surface area contributed by atoms with Gasteiger partial charge in [0.15, 0.2) is 11.6 Å². The third kappa shape index (κ3) is 6.48. The molecule has 3 aromatic carbocycles. The molecule has 2 aliphatic heterocycles. The minimum Gasteiger partial charge on any atom is -0.389 e. The molecule has 0 radical (unpaired) electrons. The van der Waals surface area contributed by atoms with Crippen molar-refractivity contribution in [3.8, 4) is 11.8 Å². The molecule has 0 aromatic heterocycles. The first kappa shape index (κ1) is 29.7. The molecule has 0 bridgehead atoms. The first-order valence-electron chi connectivity index (χ1n) is 14.1. The Morgan fingerprint density at radius 2 is 1.64 bits per heavy atom. The van der Waals surface area contributed by atoms with Gasteiger partial charge in [-0.3, -0.25) is 4.90 Å². The SMILES string of the molecule is Cc1ccc(NC(=O)N2C[C@H](O)[C@H](O)CN3[C@H](CN(C)C)[C@H](c4ccc(C#Cc5cccc(F)c5F)cc4)[C@@H]3C2)cc1. The van der Waals surface area contributed by atoms with Crippen LogP contribution in [0.3, 0.4) is 0 Å². The van der Waals surface area contributed by atoms with E-state index in [0.717, 1.165) is 23.7 Å². The average molecular weight is 575 g/mol. The van der Waals surface area contributed by atoms with Crippen LogP contribution < -0.4 is 5.32 Å². The molecule has 3 N–H and O–H groups in total. The summed E-state index contributed by atoms with van der Waals surface area (Å²) in [5.41, 5.74) is 3.46. The van der Waals surface area contributed by atoms with Crippen molar-refractivity contribution in [1.82, 2.24) is 14.7 Å². The van der Waals surface area contributed by atoms with Gasteiger partial charge in [0.25, 0.3) is 0 Å². The van der Waals surface area contributed by atoms with E-state index in [1.165, 1.54) is 12.1 Å². The highest BCUT2D eigenvalue weighted by Gasteiger charge is 2.51. The lowest BCUT2D eigenvalue weighted by Gasteiger charge is -2.59. The van der Waals surface area contributed by atoms with E-state index >= 15 is 0 Å². The number of hydrogen-bond donors (Lipinski definition) is 3. The predicted octanol–water partition coefficient (Wildman–Crippen LogP) is 3.64. The Balaban J connectivity index is 1.39. The number of halogens is 2. The van der Waals surface area contributed by atoms with E-state index in [2.05, 4.69) is 27.0 Å². The Labute approximate surface area is 245 Å². The summed E-state index contributed by atoms with van der Waals surface area (Å²) in [5.74, 6) is 3.77. The molecule has 2 heterocycles. The maximum absolute atomic E-state index is 14.0. The molecule has 2 amide bonds. The van der Waals surface area contributed by atoms with Gasteiger partial charge in [0, 0.05) is 48.9 Å². The first-order valence-corrected chi connectivity index (χ1v) is 14.1. The third-order valence-electron chi connectivity index (χ3n) is 8.07. The summed E-state index contributed by atoms with van der Waals surface area (Å²) in [6.07, 6.45) is -2.08. The van der Waals surface area contributed by atoms with Crippen LogP contribution in [-0.4, -0.2) is 95.5 Å². The highest BCUT2D eigenvalue weighted by atomic mass is 19.2. The normalized spacial score (nSPS) is 24.1. The average Bonchev–Trinajstić information content (AvgIpc) is 2.96. The summed E-state index contributed by atoms with van der Waals surface area (Å²) in [6.45, 7) is 3.38. The standard InChI is InChI=1S/C33H36F2N4O3/c1-21-7-15-25(16-8-21)36-33(42)38-18-28-31(27(17-37(2)3)39(28)20-30(41)29(40)19-38)23-12-9-22(10-13-23)11-14-24-5-4-6-26(34)32(24)35/h4-10,12-13,15-16,27-31,40-41H,17-20H2,1-3H3,(H,36,42)/t27-,28+,29+,30-,31+/m1/s1. The summed E-state index contributed by atoms with van der Waals surface area (Å²) < 4.78 is 27.6. The molecule has 0 unspecified atom stereocenters. The Hall–Kier alpha value is -3.81. The number of amides is 2. The second kappa shape index (κ2) is 12.6. The van der Waals surface area contributed by atoms with Gasteiger partial charge in [-0.05, 0) is 63.0 Å². The molecule has 2 aliphatic rings. The molecule has 0 aliphatic carbocycles. The predicted molar refractivity (Wildman–Crippen MR) is 158 cm³/mol. The van der Waals surface area contributed by atoms with Gasteiger partial charge in [-0.25, -0.2) is 13.6 Å². The van der Waals surface area contributed by atoms with Gasteiger partial charge in [-0.2, -0.15) is 0 Å². The largest absolute Gasteiger partial charge is 0.389 e. The highest BCUT2D eigenvalue weighted by molar-refractivity contribution is 5.89. The van der Waals surface area contributed by atoms with Crippen molar-refractivity contribution in [3.63, 3.8) is 0 Å². The summed E-state index contributed by atoms with van der Waals surface area (Å²) in [4.78, 5) is 19.2. The van der Waals surface area contributed by atoms with Crippen molar-refractivity contribution in [2.45, 2.75) is 37.1 Å². The highest BCUT2D eigenvalue weighted by Crippen LogP contribution is 2.42. The van der Waals surface area contributed by atoms with E-state index in [1.807, 2.05) is 69.6 Å². The second-order valence-electron chi connectivity index (χ2n) is 11.4. The fourth-order valence-electron chi connectivity index (χ4n) is 5.86. The zero-order chi connectivity index (χ0) is 30.0. The molecule has 2 saturated heterocycles. The van der Waals surface area contributed by atoms with Gasteiger partial charge in [0.05, 0.1) is 24.3 Å². The van der Waals surface area contributed by atoms with Gasteiger partial charge < -0.3 is 25.3 Å². The van der Waals surface area contributed by atoms with E-state index < -0.39 is 23.8 Å². The molecule has 42 heavy (non-hydrogen) atoms. The van der Waals surface area contributed by atoms with Crippen molar-refractivity contribution in [1.29, 1.82) is 0 Å². The number of fused-ring (bicyclic) bond motifs is 1. The molecule has 5 rings (SSSR count). The van der Waals surface area contributed by atoms with Crippen LogP contribution in [0.1, 0.15) is 28.2 Å². The lowest BCUT2D eigenvalue weighted by Crippen LogP contribution is -2.71. The Kier molecular flexibility index (Phi) is 8.90. The number of aliphatic hydroxyl groups excluding tert-OH is 2. The van der Waals surface area contributed by atoms with Crippen molar-refractivity contribution >= 4 is 11.7 Å². The molecule has 3 aromatic rings. The molecule has 7 nitrogen and oxygen atoms in total. The van der Waals surface area contributed by atoms with Crippen LogP contribution >= 0.6 is 0 Å². The summed E-state index contributed by atoms with van der Waals surface area (Å²) >= 11 is 0. The zero-order valence-electron chi connectivity index (χ0n) is 24.0. The van der Waals surface area contributed by atoms with E-state index in [-0.39, 0.29) is 36.1 Å². The number of rotatable bonds is 4. The maximum atomic E-state index is 14.0. The Morgan fingerprint density at radius 1 is 0.952 bits per heavy atom. The van der Waals surface area contributed by atoms with E-state index in [9.17, 15) is 23.8 Å². The maximum Gasteiger partial charge on any atom is 0.321 e. The van der Waals surface area contributed by atoms with Crippen LogP contribution in [0.2, 0.25) is 0 Å². The number of nitrogens with one attached hydrogen (secondary N) is 1. The van der Waals surface area contributed by atoms with Crippen LogP contribution in [0.15, 0.2) is 66.7 Å². The Bertz CT molecular complexity index is 1470. The quantitative estimate of drug-likeness (QED) is 0.415. The number of β-amino-alcohol motifs (C(OH)–C–C–N with tert-alkyl or cyclic N) is 1. The van der Waals surface area contributed by atoms with Gasteiger partial charge >= 0.3 is 6.03 Å². The topological polar surface area (TPSA) is 79.3 Å². The smallest absolute Gasteiger partial charge is 0.321 e. The second-order valence-corrected chi connectivity index (χ2v) is 11.4. The van der Waals surface area contributed by atoms with Gasteiger partial charge in [-0.1, -0.05) is 47.7 Å². The number of likely N-dealkylation sites (N-methyl/N-ethyl adjacent to an activating group) is 1. The zero-order valence-corrected chi connectivity index (χ0v) is 24.0. The number of aliphatic hydroxyl groups is 2. The first-order chi connectivity index (χ1) is 20.1. The van der Waals surface area contributed by atoms with Crippen molar-refractivity contribution in [3.05, 3.63) is 101 Å².